The summed E-state index contributed by atoms with van der Waals surface area (Å²) in [5, 5.41) is 5.89. The summed E-state index contributed by atoms with van der Waals surface area (Å²) in [6.07, 6.45) is 0. The third-order valence-electron chi connectivity index (χ3n) is 4.00. The number of aromatic nitrogens is 3. The molecule has 0 bridgehead atoms. The van der Waals surface area contributed by atoms with Crippen LogP contribution in [0.25, 0.3) is 21.5 Å². The second-order valence-electron chi connectivity index (χ2n) is 5.82. The highest BCUT2D eigenvalue weighted by molar-refractivity contribution is 7.19. The van der Waals surface area contributed by atoms with Crippen molar-refractivity contribution in [3.63, 3.8) is 0 Å². The van der Waals surface area contributed by atoms with E-state index in [9.17, 15) is 9.18 Å². The highest BCUT2D eigenvalue weighted by atomic mass is 35.5. The Bertz CT molecular complexity index is 1170. The maximum Gasteiger partial charge on any atom is 0.294 e. The van der Waals surface area contributed by atoms with E-state index in [-0.39, 0.29) is 17.9 Å². The number of hydrogen-bond acceptors (Lipinski definition) is 4. The van der Waals surface area contributed by atoms with Crippen LogP contribution >= 0.6 is 22.9 Å². The number of rotatable bonds is 3. The number of nitrogens with zero attached hydrogens (tertiary/aromatic N) is 3. The van der Waals surface area contributed by atoms with E-state index in [1.165, 1.54) is 28.2 Å². The maximum absolute atomic E-state index is 13.3. The van der Waals surface area contributed by atoms with Crippen LogP contribution in [0.5, 0.6) is 0 Å². The lowest BCUT2D eigenvalue weighted by Gasteiger charge is -2.10. The van der Waals surface area contributed by atoms with Crippen LogP contribution in [0, 0.1) is 12.7 Å². The van der Waals surface area contributed by atoms with Crippen molar-refractivity contribution in [2.75, 3.05) is 0 Å². The van der Waals surface area contributed by atoms with E-state index in [4.69, 9.17) is 11.6 Å². The summed E-state index contributed by atoms with van der Waals surface area (Å²) in [5.41, 5.74) is 2.23. The van der Waals surface area contributed by atoms with Crippen molar-refractivity contribution in [2.45, 2.75) is 13.5 Å². The predicted molar refractivity (Wildman–Crippen MR) is 102 cm³/mol. The molecule has 0 atom stereocenters. The Morgan fingerprint density at radius 1 is 1.15 bits per heavy atom. The SMILES string of the molecule is Cc1nc2c(=O)n(Cc3ccccc3Cl)nc(-c3ccc(F)cc3)c2s1. The van der Waals surface area contributed by atoms with Gasteiger partial charge in [-0.25, -0.2) is 14.1 Å². The Hall–Kier alpha value is -2.57. The molecule has 0 saturated heterocycles. The maximum atomic E-state index is 13.3. The van der Waals surface area contributed by atoms with E-state index in [0.29, 0.717) is 20.9 Å². The van der Waals surface area contributed by atoms with Gasteiger partial charge in [0, 0.05) is 10.6 Å². The molecule has 0 fully saturated rings. The summed E-state index contributed by atoms with van der Waals surface area (Å²) >= 11 is 7.63. The molecule has 0 aliphatic rings. The number of aryl methyl sites for hydroxylation is 1. The molecule has 0 saturated carbocycles. The molecule has 4 nitrogen and oxygen atoms in total. The summed E-state index contributed by atoms with van der Waals surface area (Å²) in [6, 6.07) is 13.4. The minimum atomic E-state index is -0.324. The third-order valence-corrected chi connectivity index (χ3v) is 5.35. The fraction of sp³-hybridized carbons (Fsp3) is 0.105. The minimum Gasteiger partial charge on any atom is -0.265 e. The Kier molecular flexibility index (Phi) is 4.30. The van der Waals surface area contributed by atoms with Crippen molar-refractivity contribution in [3.8, 4) is 11.3 Å². The van der Waals surface area contributed by atoms with E-state index < -0.39 is 0 Å². The number of hydrogen-bond donors (Lipinski definition) is 0. The molecule has 0 spiro atoms. The second kappa shape index (κ2) is 6.63. The average molecular weight is 386 g/mol. The highest BCUT2D eigenvalue weighted by Gasteiger charge is 2.17. The van der Waals surface area contributed by atoms with E-state index in [1.807, 2.05) is 25.1 Å². The van der Waals surface area contributed by atoms with Gasteiger partial charge in [0.2, 0.25) is 0 Å². The van der Waals surface area contributed by atoms with Gasteiger partial charge in [-0.1, -0.05) is 29.8 Å². The zero-order valence-corrected chi connectivity index (χ0v) is 15.3. The van der Waals surface area contributed by atoms with E-state index in [2.05, 4.69) is 10.1 Å². The molecular weight excluding hydrogens is 373 g/mol. The zero-order chi connectivity index (χ0) is 18.3. The molecule has 4 aromatic rings. The third kappa shape index (κ3) is 3.02. The summed E-state index contributed by atoms with van der Waals surface area (Å²) in [5.74, 6) is -0.324. The lowest BCUT2D eigenvalue weighted by molar-refractivity contribution is 0.627. The molecule has 0 aliphatic carbocycles. The molecule has 0 N–H and O–H groups in total. The Morgan fingerprint density at radius 2 is 1.88 bits per heavy atom. The molecule has 0 unspecified atom stereocenters. The molecule has 130 valence electrons. The van der Waals surface area contributed by atoms with E-state index >= 15 is 0 Å². The van der Waals surface area contributed by atoms with Crippen molar-refractivity contribution < 1.29 is 4.39 Å². The van der Waals surface area contributed by atoms with Gasteiger partial charge in [-0.05, 0) is 42.8 Å². The topological polar surface area (TPSA) is 47.8 Å². The number of fused-ring (bicyclic) bond motifs is 1. The molecule has 2 heterocycles. The van der Waals surface area contributed by atoms with Crippen molar-refractivity contribution >= 4 is 33.2 Å². The van der Waals surface area contributed by atoms with Crippen molar-refractivity contribution in [1.82, 2.24) is 14.8 Å². The van der Waals surface area contributed by atoms with Crippen LogP contribution < -0.4 is 5.56 Å². The van der Waals surface area contributed by atoms with Gasteiger partial charge < -0.3 is 0 Å². The monoisotopic (exact) mass is 385 g/mol. The van der Waals surface area contributed by atoms with Gasteiger partial charge in [-0.2, -0.15) is 5.10 Å². The van der Waals surface area contributed by atoms with Gasteiger partial charge in [-0.15, -0.1) is 11.3 Å². The summed E-state index contributed by atoms with van der Waals surface area (Å²) in [4.78, 5) is 17.2. The Balaban J connectivity index is 1.94. The smallest absolute Gasteiger partial charge is 0.265 e. The number of halogens is 2. The van der Waals surface area contributed by atoms with Crippen LogP contribution in [0.2, 0.25) is 5.02 Å². The van der Waals surface area contributed by atoms with Crippen LogP contribution in [0.3, 0.4) is 0 Å². The normalized spacial score (nSPS) is 11.2. The van der Waals surface area contributed by atoms with Crippen molar-refractivity contribution in [1.29, 1.82) is 0 Å². The van der Waals surface area contributed by atoms with Gasteiger partial charge in [0.1, 0.15) is 11.5 Å². The second-order valence-corrected chi connectivity index (χ2v) is 7.43. The first-order chi connectivity index (χ1) is 12.5. The van der Waals surface area contributed by atoms with Crippen molar-refractivity contribution in [2.24, 2.45) is 0 Å². The van der Waals surface area contributed by atoms with Gasteiger partial charge in [-0.3, -0.25) is 4.79 Å². The molecule has 2 aromatic heterocycles. The Labute approximate surface area is 157 Å². The fourth-order valence-corrected chi connectivity index (χ4v) is 3.87. The largest absolute Gasteiger partial charge is 0.294 e. The van der Waals surface area contributed by atoms with Crippen LogP contribution in [0.4, 0.5) is 4.39 Å². The lowest BCUT2D eigenvalue weighted by Crippen LogP contribution is -2.24. The molecule has 0 aliphatic heterocycles. The molecule has 26 heavy (non-hydrogen) atoms. The number of thiazole rings is 1. The molecular formula is C19H13ClFN3OS. The van der Waals surface area contributed by atoms with Crippen molar-refractivity contribution in [3.05, 3.63) is 80.3 Å². The lowest BCUT2D eigenvalue weighted by atomic mass is 10.1. The number of benzene rings is 2. The summed E-state index contributed by atoms with van der Waals surface area (Å²) < 4.78 is 15.4. The molecule has 2 aromatic carbocycles. The summed E-state index contributed by atoms with van der Waals surface area (Å²) in [6.45, 7) is 2.08. The van der Waals surface area contributed by atoms with Gasteiger partial charge in [0.25, 0.3) is 5.56 Å². The van der Waals surface area contributed by atoms with Crippen LogP contribution in [-0.2, 0) is 6.54 Å². The Morgan fingerprint density at radius 3 is 2.62 bits per heavy atom. The fourth-order valence-electron chi connectivity index (χ4n) is 2.76. The molecule has 7 heteroatoms. The van der Waals surface area contributed by atoms with Crippen LogP contribution in [0.15, 0.2) is 53.3 Å². The van der Waals surface area contributed by atoms with Gasteiger partial charge >= 0.3 is 0 Å². The molecule has 0 amide bonds. The first-order valence-corrected chi connectivity index (χ1v) is 9.10. The average Bonchev–Trinajstić information content (AvgIpc) is 3.02. The first-order valence-electron chi connectivity index (χ1n) is 7.90. The first kappa shape index (κ1) is 16.9. The van der Waals surface area contributed by atoms with Gasteiger partial charge in [0.15, 0.2) is 5.52 Å². The van der Waals surface area contributed by atoms with E-state index in [1.54, 1.807) is 18.2 Å². The quantitative estimate of drug-likeness (QED) is 0.515. The van der Waals surface area contributed by atoms with E-state index in [0.717, 1.165) is 16.1 Å². The highest BCUT2D eigenvalue weighted by Crippen LogP contribution is 2.29. The standard InChI is InChI=1S/C19H13ClFN3OS/c1-11-22-17-18(26-11)16(12-6-8-14(21)9-7-12)23-24(19(17)25)10-13-4-2-3-5-15(13)20/h2-9H,10H2,1H3. The predicted octanol–water partition coefficient (Wildman–Crippen LogP) is 4.67. The summed E-state index contributed by atoms with van der Waals surface area (Å²) in [7, 11) is 0. The van der Waals surface area contributed by atoms with Gasteiger partial charge in [0.05, 0.1) is 16.3 Å². The zero-order valence-electron chi connectivity index (χ0n) is 13.7. The van der Waals surface area contributed by atoms with Crippen LogP contribution in [-0.4, -0.2) is 14.8 Å². The minimum absolute atomic E-state index is 0.235. The molecule has 0 radical (unpaired) electrons. The molecule has 4 rings (SSSR count). The van der Waals surface area contributed by atoms with Crippen LogP contribution in [0.1, 0.15) is 10.6 Å².